The third kappa shape index (κ3) is 4.54. The SMILES string of the molecule is COc1cc(N2CCN(C(=O)Cn3nc(-c4cccc(F)c4)c(Cl)c3C)CC2)ccc1Cl. The first-order chi connectivity index (χ1) is 15.4. The standard InChI is InChI=1S/C23H23Cl2FN4O2/c1-15-22(25)23(16-4-3-5-17(26)12-16)27-30(15)14-21(31)29-10-8-28(9-11-29)18-6-7-19(24)20(13-18)32-2/h3-7,12-13H,8-11,14H2,1-2H3. The first-order valence-corrected chi connectivity index (χ1v) is 11.0. The average Bonchev–Trinajstić information content (AvgIpc) is 3.08. The molecule has 0 bridgehead atoms. The second-order valence-electron chi connectivity index (χ2n) is 7.60. The minimum Gasteiger partial charge on any atom is -0.495 e. The number of nitrogens with zero attached hydrogens (tertiary/aromatic N) is 4. The molecule has 1 aliphatic heterocycles. The molecule has 1 amide bonds. The van der Waals surface area contributed by atoms with Gasteiger partial charge in [-0.15, -0.1) is 0 Å². The lowest BCUT2D eigenvalue weighted by Gasteiger charge is -2.36. The number of anilines is 1. The van der Waals surface area contributed by atoms with Crippen molar-refractivity contribution in [2.24, 2.45) is 0 Å². The molecule has 1 aliphatic rings. The maximum atomic E-state index is 13.6. The van der Waals surface area contributed by atoms with Gasteiger partial charge in [-0.25, -0.2) is 4.39 Å². The van der Waals surface area contributed by atoms with E-state index < -0.39 is 0 Å². The van der Waals surface area contributed by atoms with Crippen LogP contribution < -0.4 is 9.64 Å². The fourth-order valence-electron chi connectivity index (χ4n) is 3.79. The number of benzene rings is 2. The van der Waals surface area contributed by atoms with Crippen molar-refractivity contribution in [2.45, 2.75) is 13.5 Å². The molecule has 9 heteroatoms. The van der Waals surface area contributed by atoms with Crippen molar-refractivity contribution in [3.63, 3.8) is 0 Å². The lowest BCUT2D eigenvalue weighted by Crippen LogP contribution is -2.49. The molecule has 0 spiro atoms. The Bertz CT molecular complexity index is 1140. The van der Waals surface area contributed by atoms with Crippen LogP contribution in [0.15, 0.2) is 42.5 Å². The molecular formula is C23H23Cl2FN4O2. The van der Waals surface area contributed by atoms with Crippen LogP contribution in [-0.4, -0.2) is 53.9 Å². The number of piperazine rings is 1. The van der Waals surface area contributed by atoms with Crippen molar-refractivity contribution < 1.29 is 13.9 Å². The van der Waals surface area contributed by atoms with Gasteiger partial charge in [-0.3, -0.25) is 9.48 Å². The van der Waals surface area contributed by atoms with E-state index in [-0.39, 0.29) is 18.3 Å². The summed E-state index contributed by atoms with van der Waals surface area (Å²) >= 11 is 12.6. The number of carbonyl (C=O) groups is 1. The van der Waals surface area contributed by atoms with Gasteiger partial charge >= 0.3 is 0 Å². The van der Waals surface area contributed by atoms with E-state index in [9.17, 15) is 9.18 Å². The zero-order valence-electron chi connectivity index (χ0n) is 17.8. The Labute approximate surface area is 196 Å². The van der Waals surface area contributed by atoms with Crippen molar-refractivity contribution in [1.82, 2.24) is 14.7 Å². The Balaban J connectivity index is 1.42. The van der Waals surface area contributed by atoms with Gasteiger partial charge < -0.3 is 14.5 Å². The van der Waals surface area contributed by atoms with Gasteiger partial charge in [-0.05, 0) is 31.2 Å². The summed E-state index contributed by atoms with van der Waals surface area (Å²) in [5.41, 5.74) is 2.73. The molecule has 0 saturated carbocycles. The van der Waals surface area contributed by atoms with Crippen LogP contribution in [0.3, 0.4) is 0 Å². The summed E-state index contributed by atoms with van der Waals surface area (Å²) < 4.78 is 20.5. The zero-order valence-corrected chi connectivity index (χ0v) is 19.3. The third-order valence-corrected chi connectivity index (χ3v) is 6.41. The largest absolute Gasteiger partial charge is 0.495 e. The van der Waals surface area contributed by atoms with Crippen LogP contribution in [0, 0.1) is 12.7 Å². The number of hydrogen-bond donors (Lipinski definition) is 0. The number of rotatable bonds is 5. The Morgan fingerprint density at radius 3 is 2.56 bits per heavy atom. The summed E-state index contributed by atoms with van der Waals surface area (Å²) in [4.78, 5) is 16.9. The van der Waals surface area contributed by atoms with E-state index in [2.05, 4.69) is 10.00 Å². The predicted octanol–water partition coefficient (Wildman–Crippen LogP) is 4.66. The van der Waals surface area contributed by atoms with Crippen molar-refractivity contribution in [3.05, 3.63) is 64.0 Å². The molecule has 3 aromatic rings. The Morgan fingerprint density at radius 1 is 1.12 bits per heavy atom. The summed E-state index contributed by atoms with van der Waals surface area (Å²) in [6.07, 6.45) is 0. The number of carbonyl (C=O) groups excluding carboxylic acids is 1. The molecule has 2 heterocycles. The number of aromatic nitrogens is 2. The highest BCUT2D eigenvalue weighted by Crippen LogP contribution is 2.31. The second-order valence-corrected chi connectivity index (χ2v) is 8.39. The fourth-order valence-corrected chi connectivity index (χ4v) is 4.22. The van der Waals surface area contributed by atoms with Gasteiger partial charge in [0.25, 0.3) is 0 Å². The van der Waals surface area contributed by atoms with Gasteiger partial charge in [-0.2, -0.15) is 5.10 Å². The van der Waals surface area contributed by atoms with Crippen LogP contribution in [0.5, 0.6) is 5.75 Å². The van der Waals surface area contributed by atoms with E-state index in [4.69, 9.17) is 27.9 Å². The molecule has 0 aliphatic carbocycles. The normalized spacial score (nSPS) is 14.0. The second kappa shape index (κ2) is 9.38. The highest BCUT2D eigenvalue weighted by atomic mass is 35.5. The van der Waals surface area contributed by atoms with Crippen molar-refractivity contribution in [2.75, 3.05) is 38.2 Å². The topological polar surface area (TPSA) is 50.6 Å². The van der Waals surface area contributed by atoms with E-state index in [1.807, 2.05) is 23.1 Å². The maximum absolute atomic E-state index is 13.6. The summed E-state index contributed by atoms with van der Waals surface area (Å²) in [6.45, 7) is 4.46. The Morgan fingerprint density at radius 2 is 1.88 bits per heavy atom. The van der Waals surface area contributed by atoms with Crippen LogP contribution >= 0.6 is 23.2 Å². The smallest absolute Gasteiger partial charge is 0.244 e. The maximum Gasteiger partial charge on any atom is 0.244 e. The van der Waals surface area contributed by atoms with Gasteiger partial charge in [-0.1, -0.05) is 35.3 Å². The molecule has 0 atom stereocenters. The summed E-state index contributed by atoms with van der Waals surface area (Å²) in [7, 11) is 1.59. The number of amides is 1. The molecule has 6 nitrogen and oxygen atoms in total. The average molecular weight is 477 g/mol. The van der Waals surface area contributed by atoms with Gasteiger partial charge in [0, 0.05) is 43.5 Å². The van der Waals surface area contributed by atoms with E-state index in [0.29, 0.717) is 58.9 Å². The first kappa shape index (κ1) is 22.4. The van der Waals surface area contributed by atoms with E-state index in [0.717, 1.165) is 5.69 Å². The van der Waals surface area contributed by atoms with E-state index in [1.54, 1.807) is 30.8 Å². The summed E-state index contributed by atoms with van der Waals surface area (Å²) in [5.74, 6) is 0.229. The fraction of sp³-hybridized carbons (Fsp3) is 0.304. The van der Waals surface area contributed by atoms with E-state index in [1.165, 1.54) is 12.1 Å². The van der Waals surface area contributed by atoms with Crippen molar-refractivity contribution >= 4 is 34.8 Å². The lowest BCUT2D eigenvalue weighted by molar-refractivity contribution is -0.132. The molecule has 168 valence electrons. The quantitative estimate of drug-likeness (QED) is 0.537. The molecule has 1 saturated heterocycles. The van der Waals surface area contributed by atoms with Gasteiger partial charge in [0.05, 0.1) is 22.8 Å². The third-order valence-electron chi connectivity index (χ3n) is 5.65. The predicted molar refractivity (Wildman–Crippen MR) is 124 cm³/mol. The lowest BCUT2D eigenvalue weighted by atomic mass is 10.1. The number of ether oxygens (including phenoxy) is 1. The van der Waals surface area contributed by atoms with Gasteiger partial charge in [0.2, 0.25) is 5.91 Å². The van der Waals surface area contributed by atoms with Crippen LogP contribution in [0.1, 0.15) is 5.69 Å². The monoisotopic (exact) mass is 476 g/mol. The molecule has 4 rings (SSSR count). The molecule has 0 N–H and O–H groups in total. The molecule has 0 unspecified atom stereocenters. The van der Waals surface area contributed by atoms with E-state index >= 15 is 0 Å². The van der Waals surface area contributed by atoms with Crippen LogP contribution in [0.4, 0.5) is 10.1 Å². The molecule has 1 aromatic heterocycles. The Hall–Kier alpha value is -2.77. The number of halogens is 3. The van der Waals surface area contributed by atoms with Gasteiger partial charge in [0.1, 0.15) is 23.8 Å². The number of methoxy groups -OCH3 is 1. The Kier molecular flexibility index (Phi) is 6.58. The number of hydrogen-bond acceptors (Lipinski definition) is 4. The van der Waals surface area contributed by atoms with Crippen molar-refractivity contribution in [3.8, 4) is 17.0 Å². The van der Waals surface area contributed by atoms with Crippen LogP contribution in [0.25, 0.3) is 11.3 Å². The highest BCUT2D eigenvalue weighted by Gasteiger charge is 2.24. The molecule has 0 radical (unpaired) electrons. The molecule has 32 heavy (non-hydrogen) atoms. The summed E-state index contributed by atoms with van der Waals surface area (Å²) in [5, 5.41) is 5.47. The summed E-state index contributed by atoms with van der Waals surface area (Å²) in [6, 6.07) is 11.8. The molecule has 2 aromatic carbocycles. The zero-order chi connectivity index (χ0) is 22.8. The molecule has 1 fully saturated rings. The minimum atomic E-state index is -0.363. The van der Waals surface area contributed by atoms with Gasteiger partial charge in [0.15, 0.2) is 0 Å². The molecular weight excluding hydrogens is 454 g/mol. The first-order valence-electron chi connectivity index (χ1n) is 10.2. The van der Waals surface area contributed by atoms with Crippen molar-refractivity contribution in [1.29, 1.82) is 0 Å². The minimum absolute atomic E-state index is 0.0357. The highest BCUT2D eigenvalue weighted by molar-refractivity contribution is 6.33. The van der Waals surface area contributed by atoms with Crippen LogP contribution in [0.2, 0.25) is 10.0 Å². The van der Waals surface area contributed by atoms with Crippen LogP contribution in [-0.2, 0) is 11.3 Å².